The van der Waals surface area contributed by atoms with Gasteiger partial charge < -0.3 is 4.74 Å². The number of benzene rings is 1. The van der Waals surface area contributed by atoms with Crippen LogP contribution in [0, 0.1) is 13.8 Å². The first-order chi connectivity index (χ1) is 9.49. The van der Waals surface area contributed by atoms with Gasteiger partial charge in [-0.3, -0.25) is 4.57 Å². The number of aromatic nitrogens is 3. The van der Waals surface area contributed by atoms with Crippen molar-refractivity contribution in [1.29, 1.82) is 0 Å². The fraction of sp³-hybridized carbons (Fsp3) is 0.429. The molecule has 6 heteroatoms. The molecule has 2 rings (SSSR count). The lowest BCUT2D eigenvalue weighted by atomic mass is 10.1. The molecule has 1 aromatic carbocycles. The van der Waals surface area contributed by atoms with Crippen molar-refractivity contribution < 1.29 is 4.74 Å². The third-order valence-electron chi connectivity index (χ3n) is 2.79. The summed E-state index contributed by atoms with van der Waals surface area (Å²) in [5.41, 5.74) is 1.65. The molecule has 20 heavy (non-hydrogen) atoms. The predicted octanol–water partition coefficient (Wildman–Crippen LogP) is 2.98. The topological polar surface area (TPSA) is 59.9 Å². The Morgan fingerprint density at radius 2 is 1.95 bits per heavy atom. The molecule has 1 heterocycles. The summed E-state index contributed by atoms with van der Waals surface area (Å²) in [6.45, 7) is 8.07. The van der Waals surface area contributed by atoms with E-state index in [1.165, 1.54) is 4.57 Å². The molecule has 0 fully saturated rings. The van der Waals surface area contributed by atoms with Crippen LogP contribution in [0.1, 0.15) is 30.8 Å². The van der Waals surface area contributed by atoms with E-state index in [0.717, 1.165) is 16.9 Å². The maximum atomic E-state index is 11.2. The molecule has 0 aliphatic heterocycles. The highest BCUT2D eigenvalue weighted by Crippen LogP contribution is 2.26. The van der Waals surface area contributed by atoms with Gasteiger partial charge in [0.25, 0.3) is 0 Å². The molecule has 0 radical (unpaired) electrons. The highest BCUT2D eigenvalue weighted by Gasteiger charge is 2.08. The number of rotatable bonds is 3. The first-order valence-corrected chi connectivity index (χ1v) is 6.86. The van der Waals surface area contributed by atoms with Crippen LogP contribution in [0.5, 0.6) is 5.75 Å². The quantitative estimate of drug-likeness (QED) is 0.947. The van der Waals surface area contributed by atoms with E-state index in [1.807, 2.05) is 39.8 Å². The van der Waals surface area contributed by atoms with E-state index in [2.05, 4.69) is 10.2 Å². The molecule has 0 aliphatic rings. The summed E-state index contributed by atoms with van der Waals surface area (Å²) in [5, 5.41) is 6.95. The second-order valence-electron chi connectivity index (χ2n) is 4.16. The predicted molar refractivity (Wildman–Crippen MR) is 80.4 cm³/mol. The van der Waals surface area contributed by atoms with Crippen LogP contribution in [-0.2, 0) is 13.7 Å². The molecule has 0 saturated heterocycles. The minimum absolute atomic E-state index is 0.233. The summed E-state index contributed by atoms with van der Waals surface area (Å²) in [6.07, 6.45) is 0. The summed E-state index contributed by atoms with van der Waals surface area (Å²) in [7, 11) is 1.64. The second kappa shape index (κ2) is 7.14. The molecule has 0 unspecified atom stereocenters. The van der Waals surface area contributed by atoms with Gasteiger partial charge in [0.2, 0.25) is 0 Å². The molecule has 1 N–H and O–H groups in total. The number of hydrogen-bond donors (Lipinski definition) is 1. The van der Waals surface area contributed by atoms with E-state index in [-0.39, 0.29) is 12.3 Å². The minimum atomic E-state index is -0.252. The fourth-order valence-corrected chi connectivity index (χ4v) is 1.78. The van der Waals surface area contributed by atoms with Crippen LogP contribution in [0.3, 0.4) is 0 Å². The minimum Gasteiger partial charge on any atom is -0.485 e. The van der Waals surface area contributed by atoms with Crippen LogP contribution in [0.15, 0.2) is 16.9 Å². The van der Waals surface area contributed by atoms with E-state index >= 15 is 0 Å². The van der Waals surface area contributed by atoms with Crippen LogP contribution in [0.25, 0.3) is 0 Å². The fourth-order valence-electron chi connectivity index (χ4n) is 1.56. The normalized spacial score (nSPS) is 9.90. The molecule has 0 saturated carbocycles. The number of H-pyrrole nitrogens is 1. The molecule has 5 nitrogen and oxygen atoms in total. The van der Waals surface area contributed by atoms with Gasteiger partial charge >= 0.3 is 5.69 Å². The maximum Gasteiger partial charge on any atom is 0.343 e. The van der Waals surface area contributed by atoms with Gasteiger partial charge in [-0.1, -0.05) is 25.4 Å². The SMILES string of the molecule is CC.Cc1cc(OCc2n[nH]c(=O)n2C)c(C)cc1Cl. The monoisotopic (exact) mass is 297 g/mol. The average Bonchev–Trinajstić information content (AvgIpc) is 2.75. The molecule has 110 valence electrons. The average molecular weight is 298 g/mol. The van der Waals surface area contributed by atoms with Crippen molar-refractivity contribution >= 4 is 11.6 Å². The highest BCUT2D eigenvalue weighted by atomic mass is 35.5. The number of aromatic amines is 1. The number of nitrogens with zero attached hydrogens (tertiary/aromatic N) is 2. The van der Waals surface area contributed by atoms with Gasteiger partial charge in [0.15, 0.2) is 5.82 Å². The van der Waals surface area contributed by atoms with Gasteiger partial charge in [0.05, 0.1) is 0 Å². The molecule has 0 aliphatic carbocycles. The lowest BCUT2D eigenvalue weighted by Crippen LogP contribution is -2.15. The Kier molecular flexibility index (Phi) is 5.82. The standard InChI is InChI=1S/C12H14ClN3O2.C2H6/c1-7-5-10(8(2)4-9(7)13)18-6-11-14-15-12(17)16(11)3;1-2/h4-5H,6H2,1-3H3,(H,15,17);1-2H3. The Morgan fingerprint density at radius 3 is 2.50 bits per heavy atom. The molecule has 2 aromatic rings. The number of halogens is 1. The molecule has 0 bridgehead atoms. The first-order valence-electron chi connectivity index (χ1n) is 6.49. The van der Waals surface area contributed by atoms with Gasteiger partial charge in [0.1, 0.15) is 12.4 Å². The molecule has 0 atom stereocenters. The Balaban J connectivity index is 0.000000956. The van der Waals surface area contributed by atoms with Gasteiger partial charge in [0, 0.05) is 12.1 Å². The maximum absolute atomic E-state index is 11.2. The zero-order valence-corrected chi connectivity index (χ0v) is 13.2. The van der Waals surface area contributed by atoms with E-state index in [1.54, 1.807) is 7.05 Å². The van der Waals surface area contributed by atoms with E-state index < -0.39 is 0 Å². The molecule has 0 spiro atoms. The van der Waals surface area contributed by atoms with Crippen molar-refractivity contribution in [3.05, 3.63) is 44.6 Å². The molecule has 1 aromatic heterocycles. The lowest BCUT2D eigenvalue weighted by molar-refractivity contribution is 0.289. The zero-order chi connectivity index (χ0) is 15.3. The number of aryl methyl sites for hydroxylation is 2. The Labute approximate surface area is 123 Å². The van der Waals surface area contributed by atoms with Crippen LogP contribution in [0.2, 0.25) is 5.02 Å². The zero-order valence-electron chi connectivity index (χ0n) is 12.5. The van der Waals surface area contributed by atoms with Crippen LogP contribution < -0.4 is 10.4 Å². The number of ether oxygens (including phenoxy) is 1. The third-order valence-corrected chi connectivity index (χ3v) is 3.19. The van der Waals surface area contributed by atoms with Crippen LogP contribution >= 0.6 is 11.6 Å². The van der Waals surface area contributed by atoms with Crippen molar-refractivity contribution in [2.75, 3.05) is 0 Å². The Morgan fingerprint density at radius 1 is 1.30 bits per heavy atom. The van der Waals surface area contributed by atoms with Crippen molar-refractivity contribution in [2.45, 2.75) is 34.3 Å². The van der Waals surface area contributed by atoms with Gasteiger partial charge in [-0.05, 0) is 37.1 Å². The Hall–Kier alpha value is -1.75. The third kappa shape index (κ3) is 3.63. The summed E-state index contributed by atoms with van der Waals surface area (Å²) in [6, 6.07) is 3.73. The van der Waals surface area contributed by atoms with Crippen LogP contribution in [0.4, 0.5) is 0 Å². The van der Waals surface area contributed by atoms with Crippen LogP contribution in [-0.4, -0.2) is 14.8 Å². The van der Waals surface area contributed by atoms with Gasteiger partial charge in [-0.2, -0.15) is 5.10 Å². The smallest absolute Gasteiger partial charge is 0.343 e. The van der Waals surface area contributed by atoms with Gasteiger partial charge in [-0.15, -0.1) is 0 Å². The molecule has 0 amide bonds. The van der Waals surface area contributed by atoms with E-state index in [0.29, 0.717) is 10.8 Å². The highest BCUT2D eigenvalue weighted by molar-refractivity contribution is 6.31. The van der Waals surface area contributed by atoms with Crippen molar-refractivity contribution in [3.63, 3.8) is 0 Å². The van der Waals surface area contributed by atoms with Crippen molar-refractivity contribution in [3.8, 4) is 5.75 Å². The first kappa shape index (κ1) is 16.3. The Bertz CT molecular complexity index is 632. The van der Waals surface area contributed by atoms with E-state index in [4.69, 9.17) is 16.3 Å². The van der Waals surface area contributed by atoms with Crippen molar-refractivity contribution in [1.82, 2.24) is 14.8 Å². The number of hydrogen-bond acceptors (Lipinski definition) is 3. The van der Waals surface area contributed by atoms with Crippen molar-refractivity contribution in [2.24, 2.45) is 7.05 Å². The largest absolute Gasteiger partial charge is 0.485 e. The molecular weight excluding hydrogens is 278 g/mol. The number of nitrogens with one attached hydrogen (secondary N) is 1. The van der Waals surface area contributed by atoms with E-state index in [9.17, 15) is 4.79 Å². The second-order valence-corrected chi connectivity index (χ2v) is 4.57. The summed E-state index contributed by atoms with van der Waals surface area (Å²) in [4.78, 5) is 11.2. The summed E-state index contributed by atoms with van der Waals surface area (Å²) < 4.78 is 7.07. The lowest BCUT2D eigenvalue weighted by Gasteiger charge is -2.10. The van der Waals surface area contributed by atoms with Gasteiger partial charge in [-0.25, -0.2) is 9.89 Å². The molecular formula is C14H20ClN3O2. The summed E-state index contributed by atoms with van der Waals surface area (Å²) >= 11 is 6.01. The summed E-state index contributed by atoms with van der Waals surface area (Å²) in [5.74, 6) is 1.29.